The molecule has 0 radical (unpaired) electrons. The van der Waals surface area contributed by atoms with Gasteiger partial charge >= 0.3 is 5.97 Å². The number of carbonyl (C=O) groups excluding carboxylic acids is 2. The average Bonchev–Trinajstić information content (AvgIpc) is 2.95. The molecule has 6 heteroatoms. The molecule has 1 N–H and O–H groups in total. The van der Waals surface area contributed by atoms with E-state index < -0.39 is 23.8 Å². The summed E-state index contributed by atoms with van der Waals surface area (Å²) in [6.45, 7) is 4.82. The first-order valence-corrected chi connectivity index (χ1v) is 8.13. The van der Waals surface area contributed by atoms with Crippen molar-refractivity contribution in [3.8, 4) is 0 Å². The highest BCUT2D eigenvalue weighted by Crippen LogP contribution is 2.25. The summed E-state index contributed by atoms with van der Waals surface area (Å²) in [5, 5.41) is 3.33. The Morgan fingerprint density at radius 2 is 1.88 bits per heavy atom. The number of rotatable bonds is 4. The maximum Gasteiger partial charge on any atom is 0.375 e. The normalized spacial score (nSPS) is 12.0. The van der Waals surface area contributed by atoms with Crippen molar-refractivity contribution in [1.29, 1.82) is 0 Å². The lowest BCUT2D eigenvalue weighted by molar-refractivity contribution is -0.123. The van der Waals surface area contributed by atoms with Gasteiger partial charge in [-0.05, 0) is 44.5 Å². The number of furan rings is 1. The summed E-state index contributed by atoms with van der Waals surface area (Å²) < 4.78 is 24.3. The number of ether oxygens (including phenoxy) is 1. The van der Waals surface area contributed by atoms with Crippen molar-refractivity contribution in [2.24, 2.45) is 0 Å². The topological polar surface area (TPSA) is 68.5 Å². The van der Waals surface area contributed by atoms with Gasteiger partial charge in [0.15, 0.2) is 6.10 Å². The molecule has 1 amide bonds. The van der Waals surface area contributed by atoms with Gasteiger partial charge in [0.25, 0.3) is 5.91 Å². The molecule has 3 rings (SSSR count). The quantitative estimate of drug-likeness (QED) is 0.706. The Balaban J connectivity index is 1.70. The third-order valence-electron chi connectivity index (χ3n) is 4.12. The van der Waals surface area contributed by atoms with Crippen molar-refractivity contribution in [2.75, 3.05) is 5.32 Å². The SMILES string of the molecule is Cc1ccc(NC(=O)[C@H](C)OC(=O)c2oc3ccccc3c2C)cc1F. The van der Waals surface area contributed by atoms with Gasteiger partial charge in [-0.2, -0.15) is 0 Å². The van der Waals surface area contributed by atoms with Crippen LogP contribution < -0.4 is 5.32 Å². The molecular weight excluding hydrogens is 337 g/mol. The summed E-state index contributed by atoms with van der Waals surface area (Å²) in [6, 6.07) is 11.6. The van der Waals surface area contributed by atoms with Crippen LogP contribution in [0.25, 0.3) is 11.0 Å². The smallest absolute Gasteiger partial charge is 0.375 e. The number of hydrogen-bond acceptors (Lipinski definition) is 4. The molecule has 3 aromatic rings. The predicted octanol–water partition coefficient (Wildman–Crippen LogP) is 4.37. The van der Waals surface area contributed by atoms with E-state index in [1.165, 1.54) is 13.0 Å². The number of aryl methyl sites for hydroxylation is 2. The largest absolute Gasteiger partial charge is 0.449 e. The number of amides is 1. The summed E-state index contributed by atoms with van der Waals surface area (Å²) >= 11 is 0. The minimum Gasteiger partial charge on any atom is -0.449 e. The third-order valence-corrected chi connectivity index (χ3v) is 4.12. The molecular formula is C20H18FNO4. The Kier molecular flexibility index (Phi) is 4.75. The third kappa shape index (κ3) is 3.44. The highest BCUT2D eigenvalue weighted by Gasteiger charge is 2.24. The van der Waals surface area contributed by atoms with Crippen molar-refractivity contribution < 1.29 is 23.1 Å². The number of halogens is 1. The van der Waals surface area contributed by atoms with Gasteiger partial charge in [0, 0.05) is 16.6 Å². The summed E-state index contributed by atoms with van der Waals surface area (Å²) in [7, 11) is 0. The van der Waals surface area contributed by atoms with E-state index in [1.54, 1.807) is 38.1 Å². The average molecular weight is 355 g/mol. The molecule has 0 saturated heterocycles. The number of fused-ring (bicyclic) bond motifs is 1. The Labute approximate surface area is 149 Å². The van der Waals surface area contributed by atoms with Gasteiger partial charge in [0.2, 0.25) is 5.76 Å². The molecule has 0 spiro atoms. The fraction of sp³-hybridized carbons (Fsp3) is 0.200. The van der Waals surface area contributed by atoms with E-state index in [9.17, 15) is 14.0 Å². The molecule has 5 nitrogen and oxygen atoms in total. The van der Waals surface area contributed by atoms with Gasteiger partial charge in [-0.25, -0.2) is 9.18 Å². The summed E-state index contributed by atoms with van der Waals surface area (Å²) in [5.41, 5.74) is 1.99. The number of benzene rings is 2. The molecule has 0 bridgehead atoms. The summed E-state index contributed by atoms with van der Waals surface area (Å²) in [4.78, 5) is 24.5. The maximum atomic E-state index is 13.6. The standard InChI is InChI=1S/C20H18FNO4/c1-11-8-9-14(10-16(11)21)22-19(23)13(3)25-20(24)18-12(2)15-6-4-5-7-17(15)26-18/h4-10,13H,1-3H3,(H,22,23)/t13-/m0/s1. The minimum atomic E-state index is -1.07. The number of esters is 1. The van der Waals surface area contributed by atoms with Crippen molar-refractivity contribution in [1.82, 2.24) is 0 Å². The fourth-order valence-corrected chi connectivity index (χ4v) is 2.55. The highest BCUT2D eigenvalue weighted by atomic mass is 19.1. The second kappa shape index (κ2) is 7.00. The van der Waals surface area contributed by atoms with E-state index in [0.717, 1.165) is 5.39 Å². The van der Waals surface area contributed by atoms with Crippen molar-refractivity contribution in [2.45, 2.75) is 26.9 Å². The van der Waals surface area contributed by atoms with Gasteiger partial charge in [0.05, 0.1) is 0 Å². The number of nitrogens with one attached hydrogen (secondary N) is 1. The van der Waals surface area contributed by atoms with Crippen LogP contribution in [0.5, 0.6) is 0 Å². The van der Waals surface area contributed by atoms with Crippen LogP contribution in [0.1, 0.15) is 28.6 Å². The molecule has 0 aliphatic heterocycles. The zero-order chi connectivity index (χ0) is 18.8. The molecule has 2 aromatic carbocycles. The number of anilines is 1. The highest BCUT2D eigenvalue weighted by molar-refractivity contribution is 5.99. The van der Waals surface area contributed by atoms with E-state index in [1.807, 2.05) is 12.1 Å². The van der Waals surface area contributed by atoms with Crippen LogP contribution in [-0.2, 0) is 9.53 Å². The molecule has 1 aromatic heterocycles. The number of para-hydroxylation sites is 1. The van der Waals surface area contributed by atoms with Crippen molar-refractivity contribution in [3.05, 3.63) is 65.2 Å². The monoisotopic (exact) mass is 355 g/mol. The second-order valence-corrected chi connectivity index (χ2v) is 6.05. The van der Waals surface area contributed by atoms with Crippen LogP contribution in [0.4, 0.5) is 10.1 Å². The Morgan fingerprint density at radius 3 is 2.58 bits per heavy atom. The van der Waals surface area contributed by atoms with Crippen LogP contribution in [0.15, 0.2) is 46.9 Å². The Bertz CT molecular complexity index is 993. The van der Waals surface area contributed by atoms with E-state index in [2.05, 4.69) is 5.32 Å². The van der Waals surface area contributed by atoms with Gasteiger partial charge < -0.3 is 14.5 Å². The lowest BCUT2D eigenvalue weighted by Gasteiger charge is -2.13. The van der Waals surface area contributed by atoms with Crippen LogP contribution >= 0.6 is 0 Å². The molecule has 26 heavy (non-hydrogen) atoms. The Hall–Kier alpha value is -3.15. The first-order chi connectivity index (χ1) is 12.4. The van der Waals surface area contributed by atoms with Crippen molar-refractivity contribution in [3.63, 3.8) is 0 Å². The van der Waals surface area contributed by atoms with E-state index in [4.69, 9.17) is 9.15 Å². The molecule has 0 unspecified atom stereocenters. The summed E-state index contributed by atoms with van der Waals surface area (Å²) in [5.74, 6) is -1.65. The molecule has 0 fully saturated rings. The van der Waals surface area contributed by atoms with Crippen LogP contribution in [0.2, 0.25) is 0 Å². The maximum absolute atomic E-state index is 13.6. The molecule has 134 valence electrons. The van der Waals surface area contributed by atoms with E-state index in [0.29, 0.717) is 22.4 Å². The fourth-order valence-electron chi connectivity index (χ4n) is 2.55. The zero-order valence-electron chi connectivity index (χ0n) is 14.6. The van der Waals surface area contributed by atoms with Crippen LogP contribution in [0, 0.1) is 19.7 Å². The van der Waals surface area contributed by atoms with Gasteiger partial charge in [-0.1, -0.05) is 24.3 Å². The molecule has 0 saturated carbocycles. The summed E-state index contributed by atoms with van der Waals surface area (Å²) in [6.07, 6.45) is -1.07. The van der Waals surface area contributed by atoms with Crippen LogP contribution in [-0.4, -0.2) is 18.0 Å². The Morgan fingerprint density at radius 1 is 1.15 bits per heavy atom. The molecule has 0 aliphatic rings. The first-order valence-electron chi connectivity index (χ1n) is 8.13. The molecule has 0 aliphatic carbocycles. The minimum absolute atomic E-state index is 0.0623. The second-order valence-electron chi connectivity index (χ2n) is 6.05. The van der Waals surface area contributed by atoms with Crippen LogP contribution in [0.3, 0.4) is 0 Å². The predicted molar refractivity (Wildman–Crippen MR) is 95.6 cm³/mol. The van der Waals surface area contributed by atoms with Gasteiger partial charge in [0.1, 0.15) is 11.4 Å². The lowest BCUT2D eigenvalue weighted by Crippen LogP contribution is -2.30. The number of hydrogen-bond donors (Lipinski definition) is 1. The van der Waals surface area contributed by atoms with Gasteiger partial charge in [-0.15, -0.1) is 0 Å². The molecule has 1 atom stereocenters. The van der Waals surface area contributed by atoms with E-state index >= 15 is 0 Å². The number of carbonyl (C=O) groups is 2. The van der Waals surface area contributed by atoms with Crippen molar-refractivity contribution >= 4 is 28.5 Å². The molecule has 1 heterocycles. The first kappa shape index (κ1) is 17.7. The zero-order valence-corrected chi connectivity index (χ0v) is 14.6. The lowest BCUT2D eigenvalue weighted by atomic mass is 10.1. The van der Waals surface area contributed by atoms with Gasteiger partial charge in [-0.3, -0.25) is 4.79 Å². The van der Waals surface area contributed by atoms with E-state index in [-0.39, 0.29) is 5.76 Å².